The Kier molecular flexibility index (Phi) is 3.25. The molecular weight excluding hydrogens is 234 g/mol. The standard InChI is InChI=1S/C17H15NO/c19-17(15-8-4-10-18-12-15)11-14-7-3-6-13-5-1-2-9-16(13)14/h1-10,12,17,19H,11H2. The van der Waals surface area contributed by atoms with Crippen LogP contribution in [0.3, 0.4) is 0 Å². The molecule has 0 amide bonds. The lowest BCUT2D eigenvalue weighted by Crippen LogP contribution is -2.02. The van der Waals surface area contributed by atoms with E-state index in [9.17, 15) is 5.11 Å². The Morgan fingerprint density at radius 1 is 0.947 bits per heavy atom. The number of fused-ring (bicyclic) bond motifs is 1. The van der Waals surface area contributed by atoms with E-state index in [0.717, 1.165) is 11.1 Å². The van der Waals surface area contributed by atoms with Crippen LogP contribution in [-0.4, -0.2) is 10.1 Å². The van der Waals surface area contributed by atoms with Crippen molar-refractivity contribution in [2.45, 2.75) is 12.5 Å². The van der Waals surface area contributed by atoms with Crippen LogP contribution < -0.4 is 0 Å². The van der Waals surface area contributed by atoms with E-state index >= 15 is 0 Å². The highest BCUT2D eigenvalue weighted by atomic mass is 16.3. The zero-order valence-electron chi connectivity index (χ0n) is 10.5. The Labute approximate surface area is 112 Å². The maximum Gasteiger partial charge on any atom is 0.0845 e. The van der Waals surface area contributed by atoms with Gasteiger partial charge >= 0.3 is 0 Å². The SMILES string of the molecule is OC(Cc1cccc2ccccc12)c1cccnc1. The second-order valence-electron chi connectivity index (χ2n) is 4.64. The van der Waals surface area contributed by atoms with Gasteiger partial charge in [-0.3, -0.25) is 4.98 Å². The van der Waals surface area contributed by atoms with Gasteiger partial charge < -0.3 is 5.11 Å². The minimum Gasteiger partial charge on any atom is -0.388 e. The first-order valence-corrected chi connectivity index (χ1v) is 6.39. The van der Waals surface area contributed by atoms with E-state index in [1.807, 2.05) is 30.3 Å². The molecule has 1 atom stereocenters. The highest BCUT2D eigenvalue weighted by Crippen LogP contribution is 2.24. The first-order valence-electron chi connectivity index (χ1n) is 6.39. The van der Waals surface area contributed by atoms with Gasteiger partial charge in [0.1, 0.15) is 0 Å². The molecule has 1 aromatic heterocycles. The normalized spacial score (nSPS) is 12.5. The summed E-state index contributed by atoms with van der Waals surface area (Å²) in [6.07, 6.45) is 3.52. The van der Waals surface area contributed by atoms with Crippen molar-refractivity contribution < 1.29 is 5.11 Å². The molecular formula is C17H15NO. The summed E-state index contributed by atoms with van der Waals surface area (Å²) in [6, 6.07) is 18.2. The Morgan fingerprint density at radius 3 is 2.63 bits per heavy atom. The first kappa shape index (κ1) is 11.9. The second kappa shape index (κ2) is 5.21. The number of aliphatic hydroxyl groups is 1. The number of nitrogens with zero attached hydrogens (tertiary/aromatic N) is 1. The summed E-state index contributed by atoms with van der Waals surface area (Å²) in [7, 11) is 0. The Balaban J connectivity index is 1.94. The van der Waals surface area contributed by atoms with Crippen LogP contribution in [0.2, 0.25) is 0 Å². The van der Waals surface area contributed by atoms with Crippen molar-refractivity contribution in [1.82, 2.24) is 4.98 Å². The molecule has 0 aliphatic carbocycles. The fourth-order valence-corrected chi connectivity index (χ4v) is 2.37. The summed E-state index contributed by atoms with van der Waals surface area (Å²) in [5.74, 6) is 0. The first-order chi connectivity index (χ1) is 9.34. The van der Waals surface area contributed by atoms with Crippen LogP contribution in [0.4, 0.5) is 0 Å². The average Bonchev–Trinajstić information content (AvgIpc) is 2.48. The van der Waals surface area contributed by atoms with Gasteiger partial charge in [-0.25, -0.2) is 0 Å². The van der Waals surface area contributed by atoms with Crippen LogP contribution in [0.5, 0.6) is 0 Å². The van der Waals surface area contributed by atoms with Crippen molar-refractivity contribution in [3.05, 3.63) is 78.1 Å². The molecule has 0 saturated heterocycles. The van der Waals surface area contributed by atoms with E-state index in [2.05, 4.69) is 29.2 Å². The minimum atomic E-state index is -0.514. The van der Waals surface area contributed by atoms with Crippen molar-refractivity contribution in [2.24, 2.45) is 0 Å². The third kappa shape index (κ3) is 2.49. The van der Waals surface area contributed by atoms with Crippen molar-refractivity contribution in [3.8, 4) is 0 Å². The summed E-state index contributed by atoms with van der Waals surface area (Å²) >= 11 is 0. The molecule has 3 aromatic rings. The van der Waals surface area contributed by atoms with Crippen LogP contribution in [-0.2, 0) is 6.42 Å². The van der Waals surface area contributed by atoms with Gasteiger partial charge in [0.05, 0.1) is 6.10 Å². The van der Waals surface area contributed by atoms with Gasteiger partial charge in [0.15, 0.2) is 0 Å². The van der Waals surface area contributed by atoms with Crippen molar-refractivity contribution >= 4 is 10.8 Å². The van der Waals surface area contributed by atoms with Gasteiger partial charge in [-0.1, -0.05) is 48.5 Å². The van der Waals surface area contributed by atoms with Crippen LogP contribution >= 0.6 is 0 Å². The van der Waals surface area contributed by atoms with Crippen LogP contribution in [0, 0.1) is 0 Å². The lowest BCUT2D eigenvalue weighted by Gasteiger charge is -2.12. The van der Waals surface area contributed by atoms with Crippen molar-refractivity contribution in [1.29, 1.82) is 0 Å². The largest absolute Gasteiger partial charge is 0.388 e. The molecule has 2 heteroatoms. The summed E-state index contributed by atoms with van der Waals surface area (Å²) in [5.41, 5.74) is 2.02. The van der Waals surface area contributed by atoms with E-state index in [0.29, 0.717) is 6.42 Å². The lowest BCUT2D eigenvalue weighted by atomic mass is 9.97. The number of rotatable bonds is 3. The molecule has 0 aliphatic heterocycles. The van der Waals surface area contributed by atoms with Gasteiger partial charge in [-0.05, 0) is 28.0 Å². The predicted molar refractivity (Wildman–Crippen MR) is 76.8 cm³/mol. The highest BCUT2D eigenvalue weighted by Gasteiger charge is 2.10. The Morgan fingerprint density at radius 2 is 1.79 bits per heavy atom. The second-order valence-corrected chi connectivity index (χ2v) is 4.64. The molecule has 1 N–H and O–H groups in total. The number of hydrogen-bond donors (Lipinski definition) is 1. The number of pyridine rings is 1. The molecule has 2 aromatic carbocycles. The fraction of sp³-hybridized carbons (Fsp3) is 0.118. The number of aromatic nitrogens is 1. The molecule has 0 saturated carbocycles. The smallest absolute Gasteiger partial charge is 0.0845 e. The fourth-order valence-electron chi connectivity index (χ4n) is 2.37. The minimum absolute atomic E-state index is 0.514. The summed E-state index contributed by atoms with van der Waals surface area (Å²) < 4.78 is 0. The quantitative estimate of drug-likeness (QED) is 0.770. The third-order valence-corrected chi connectivity index (χ3v) is 3.36. The molecule has 3 rings (SSSR count). The highest BCUT2D eigenvalue weighted by molar-refractivity contribution is 5.85. The zero-order chi connectivity index (χ0) is 13.1. The third-order valence-electron chi connectivity index (χ3n) is 3.36. The maximum absolute atomic E-state index is 10.3. The molecule has 2 nitrogen and oxygen atoms in total. The van der Waals surface area contributed by atoms with Crippen molar-refractivity contribution in [3.63, 3.8) is 0 Å². The van der Waals surface area contributed by atoms with E-state index in [1.165, 1.54) is 10.8 Å². The monoisotopic (exact) mass is 249 g/mol. The molecule has 1 unspecified atom stereocenters. The van der Waals surface area contributed by atoms with Gasteiger partial charge in [-0.15, -0.1) is 0 Å². The predicted octanol–water partition coefficient (Wildman–Crippen LogP) is 3.51. The van der Waals surface area contributed by atoms with E-state index < -0.39 is 6.10 Å². The Bertz CT molecular complexity index is 674. The molecule has 19 heavy (non-hydrogen) atoms. The van der Waals surface area contributed by atoms with Gasteiger partial charge in [-0.2, -0.15) is 0 Å². The average molecular weight is 249 g/mol. The number of benzene rings is 2. The van der Waals surface area contributed by atoms with E-state index in [-0.39, 0.29) is 0 Å². The molecule has 1 heterocycles. The summed E-state index contributed by atoms with van der Waals surface area (Å²) in [6.45, 7) is 0. The van der Waals surface area contributed by atoms with E-state index in [1.54, 1.807) is 12.4 Å². The maximum atomic E-state index is 10.3. The molecule has 0 radical (unpaired) electrons. The Hall–Kier alpha value is -2.19. The lowest BCUT2D eigenvalue weighted by molar-refractivity contribution is 0.178. The van der Waals surface area contributed by atoms with Crippen LogP contribution in [0.25, 0.3) is 10.8 Å². The van der Waals surface area contributed by atoms with Crippen LogP contribution in [0.1, 0.15) is 17.2 Å². The summed E-state index contributed by atoms with van der Waals surface area (Å²) in [5, 5.41) is 12.7. The van der Waals surface area contributed by atoms with Gasteiger partial charge in [0.25, 0.3) is 0 Å². The number of aliphatic hydroxyl groups excluding tert-OH is 1. The number of hydrogen-bond acceptors (Lipinski definition) is 2. The molecule has 94 valence electrons. The molecule has 0 aliphatic rings. The molecule has 0 spiro atoms. The van der Waals surface area contributed by atoms with E-state index in [4.69, 9.17) is 0 Å². The van der Waals surface area contributed by atoms with Crippen LogP contribution in [0.15, 0.2) is 67.0 Å². The molecule has 0 fully saturated rings. The topological polar surface area (TPSA) is 33.1 Å². The van der Waals surface area contributed by atoms with Crippen molar-refractivity contribution in [2.75, 3.05) is 0 Å². The zero-order valence-corrected chi connectivity index (χ0v) is 10.5. The molecule has 0 bridgehead atoms. The summed E-state index contributed by atoms with van der Waals surface area (Å²) in [4.78, 5) is 4.05. The van der Waals surface area contributed by atoms with Gasteiger partial charge in [0, 0.05) is 18.8 Å². The van der Waals surface area contributed by atoms with Gasteiger partial charge in [0.2, 0.25) is 0 Å².